The summed E-state index contributed by atoms with van der Waals surface area (Å²) in [6.07, 6.45) is 4.30. The van der Waals surface area contributed by atoms with Gasteiger partial charge in [0.2, 0.25) is 0 Å². The summed E-state index contributed by atoms with van der Waals surface area (Å²) in [5.41, 5.74) is 1.34. The average molecular weight is 265 g/mol. The molecule has 0 saturated carbocycles. The molecule has 2 rings (SSSR count). The first kappa shape index (κ1) is 14.5. The van der Waals surface area contributed by atoms with Gasteiger partial charge < -0.3 is 5.32 Å². The molecule has 1 aromatic rings. The zero-order valence-electron chi connectivity index (χ0n) is 12.7. The van der Waals surface area contributed by atoms with Gasteiger partial charge in [0.1, 0.15) is 0 Å². The largest absolute Gasteiger partial charge is 0.308 e. The fraction of sp³-hybridized carbons (Fsp3) is 0.857. The summed E-state index contributed by atoms with van der Waals surface area (Å²) in [4.78, 5) is 4.30. The number of piperidine rings is 1. The van der Waals surface area contributed by atoms with Crippen molar-refractivity contribution in [1.82, 2.24) is 25.2 Å². The topological polar surface area (TPSA) is 46.0 Å². The minimum absolute atomic E-state index is 0.300. The fourth-order valence-electron chi connectivity index (χ4n) is 2.57. The van der Waals surface area contributed by atoms with Gasteiger partial charge in [0.25, 0.3) is 0 Å². The molecule has 1 aliphatic rings. The second-order valence-electron chi connectivity index (χ2n) is 6.34. The first-order valence-electron chi connectivity index (χ1n) is 7.36. The molecule has 1 aromatic heterocycles. The SMILES string of the molecule is CCn1ncc(CNC2CCN(C(C)(C)C)CC2)n1. The second-order valence-corrected chi connectivity index (χ2v) is 6.34. The van der Waals surface area contributed by atoms with Crippen molar-refractivity contribution in [3.8, 4) is 0 Å². The van der Waals surface area contributed by atoms with Gasteiger partial charge in [-0.1, -0.05) is 0 Å². The summed E-state index contributed by atoms with van der Waals surface area (Å²) in [6, 6.07) is 0.616. The molecular formula is C14H27N5. The second kappa shape index (κ2) is 6.01. The van der Waals surface area contributed by atoms with Gasteiger partial charge >= 0.3 is 0 Å². The molecule has 108 valence electrons. The molecule has 0 aromatic carbocycles. The zero-order valence-corrected chi connectivity index (χ0v) is 12.7. The third-order valence-corrected chi connectivity index (χ3v) is 3.88. The van der Waals surface area contributed by atoms with E-state index in [0.29, 0.717) is 11.6 Å². The van der Waals surface area contributed by atoms with Gasteiger partial charge in [-0.25, -0.2) is 0 Å². The van der Waals surface area contributed by atoms with Crippen LogP contribution in [-0.4, -0.2) is 44.6 Å². The molecule has 1 aliphatic heterocycles. The van der Waals surface area contributed by atoms with Gasteiger partial charge in [-0.05, 0) is 40.5 Å². The van der Waals surface area contributed by atoms with Crippen molar-refractivity contribution in [1.29, 1.82) is 0 Å². The van der Waals surface area contributed by atoms with Crippen LogP contribution in [0.2, 0.25) is 0 Å². The van der Waals surface area contributed by atoms with E-state index in [2.05, 4.69) is 48.1 Å². The Hall–Kier alpha value is -0.940. The quantitative estimate of drug-likeness (QED) is 0.899. The molecule has 0 bridgehead atoms. The van der Waals surface area contributed by atoms with E-state index in [1.807, 2.05) is 6.20 Å². The van der Waals surface area contributed by atoms with Gasteiger partial charge in [0, 0.05) is 31.2 Å². The molecule has 2 heterocycles. The number of hydrogen-bond acceptors (Lipinski definition) is 4. The molecule has 5 heteroatoms. The minimum Gasteiger partial charge on any atom is -0.308 e. The molecule has 1 saturated heterocycles. The molecule has 0 radical (unpaired) electrons. The Morgan fingerprint density at radius 1 is 1.32 bits per heavy atom. The maximum Gasteiger partial charge on any atom is 0.0965 e. The van der Waals surface area contributed by atoms with Crippen LogP contribution < -0.4 is 5.32 Å². The van der Waals surface area contributed by atoms with Crippen LogP contribution in [0.5, 0.6) is 0 Å². The smallest absolute Gasteiger partial charge is 0.0965 e. The highest BCUT2D eigenvalue weighted by Crippen LogP contribution is 2.20. The van der Waals surface area contributed by atoms with Crippen molar-refractivity contribution in [2.24, 2.45) is 0 Å². The predicted octanol–water partition coefficient (Wildman–Crippen LogP) is 1.65. The normalized spacial score (nSPS) is 18.9. The molecule has 0 aliphatic carbocycles. The molecular weight excluding hydrogens is 238 g/mol. The molecule has 0 spiro atoms. The van der Waals surface area contributed by atoms with Crippen LogP contribution >= 0.6 is 0 Å². The Morgan fingerprint density at radius 2 is 2.00 bits per heavy atom. The maximum atomic E-state index is 4.40. The summed E-state index contributed by atoms with van der Waals surface area (Å²) >= 11 is 0. The van der Waals surface area contributed by atoms with Crippen LogP contribution in [0, 0.1) is 0 Å². The number of nitrogens with zero attached hydrogens (tertiary/aromatic N) is 4. The van der Waals surface area contributed by atoms with Crippen LogP contribution in [0.4, 0.5) is 0 Å². The number of nitrogens with one attached hydrogen (secondary N) is 1. The lowest BCUT2D eigenvalue weighted by Crippen LogP contribution is -2.49. The van der Waals surface area contributed by atoms with Crippen LogP contribution in [0.3, 0.4) is 0 Å². The van der Waals surface area contributed by atoms with Crippen molar-refractivity contribution in [3.63, 3.8) is 0 Å². The number of aryl methyl sites for hydroxylation is 1. The van der Waals surface area contributed by atoms with Crippen LogP contribution in [0.15, 0.2) is 6.20 Å². The van der Waals surface area contributed by atoms with Crippen molar-refractivity contribution >= 4 is 0 Å². The Balaban J connectivity index is 1.74. The van der Waals surface area contributed by atoms with Gasteiger partial charge in [0.05, 0.1) is 18.4 Å². The van der Waals surface area contributed by atoms with Crippen molar-refractivity contribution in [2.75, 3.05) is 13.1 Å². The average Bonchev–Trinajstić information content (AvgIpc) is 2.84. The molecule has 19 heavy (non-hydrogen) atoms. The van der Waals surface area contributed by atoms with Crippen molar-refractivity contribution < 1.29 is 0 Å². The van der Waals surface area contributed by atoms with E-state index in [0.717, 1.165) is 18.8 Å². The first-order chi connectivity index (χ1) is 8.99. The number of likely N-dealkylation sites (tertiary alicyclic amines) is 1. The van der Waals surface area contributed by atoms with Gasteiger partial charge in [-0.15, -0.1) is 0 Å². The van der Waals surface area contributed by atoms with E-state index in [1.165, 1.54) is 25.9 Å². The van der Waals surface area contributed by atoms with E-state index in [4.69, 9.17) is 0 Å². The first-order valence-corrected chi connectivity index (χ1v) is 7.36. The number of hydrogen-bond donors (Lipinski definition) is 1. The van der Waals surface area contributed by atoms with Gasteiger partial charge in [0.15, 0.2) is 0 Å². The monoisotopic (exact) mass is 265 g/mol. The summed E-state index contributed by atoms with van der Waals surface area (Å²) in [7, 11) is 0. The predicted molar refractivity (Wildman–Crippen MR) is 76.9 cm³/mol. The molecule has 0 unspecified atom stereocenters. The lowest BCUT2D eigenvalue weighted by molar-refractivity contribution is 0.0959. The Labute approximate surface area is 116 Å². The highest BCUT2D eigenvalue weighted by molar-refractivity contribution is 4.92. The Morgan fingerprint density at radius 3 is 2.53 bits per heavy atom. The maximum absolute atomic E-state index is 4.40. The van der Waals surface area contributed by atoms with Crippen molar-refractivity contribution in [3.05, 3.63) is 11.9 Å². The third kappa shape index (κ3) is 4.01. The molecule has 1 N–H and O–H groups in total. The van der Waals surface area contributed by atoms with Crippen LogP contribution in [0.25, 0.3) is 0 Å². The van der Waals surface area contributed by atoms with E-state index < -0.39 is 0 Å². The lowest BCUT2D eigenvalue weighted by Gasteiger charge is -2.41. The lowest BCUT2D eigenvalue weighted by atomic mass is 9.98. The van der Waals surface area contributed by atoms with E-state index in [-0.39, 0.29) is 0 Å². The number of aromatic nitrogens is 3. The van der Waals surface area contributed by atoms with E-state index >= 15 is 0 Å². The highest BCUT2D eigenvalue weighted by atomic mass is 15.5. The Kier molecular flexibility index (Phi) is 4.58. The summed E-state index contributed by atoms with van der Waals surface area (Å²) in [5, 5.41) is 12.2. The van der Waals surface area contributed by atoms with Gasteiger partial charge in [-0.3, -0.25) is 4.90 Å². The molecule has 0 atom stereocenters. The standard InChI is InChI=1S/C14H27N5/c1-5-19-16-11-13(17-19)10-15-12-6-8-18(9-7-12)14(2,3)4/h11-12,15H,5-10H2,1-4H3. The molecule has 1 fully saturated rings. The molecule has 5 nitrogen and oxygen atoms in total. The molecule has 0 amide bonds. The summed E-state index contributed by atoms with van der Waals surface area (Å²) in [5.74, 6) is 0. The highest BCUT2D eigenvalue weighted by Gasteiger charge is 2.26. The third-order valence-electron chi connectivity index (χ3n) is 3.88. The Bertz CT molecular complexity index is 385. The van der Waals surface area contributed by atoms with Crippen LogP contribution in [0.1, 0.15) is 46.2 Å². The zero-order chi connectivity index (χ0) is 13.9. The summed E-state index contributed by atoms with van der Waals surface area (Å²) in [6.45, 7) is 13.0. The van der Waals surface area contributed by atoms with E-state index in [9.17, 15) is 0 Å². The minimum atomic E-state index is 0.300. The summed E-state index contributed by atoms with van der Waals surface area (Å²) < 4.78 is 0. The van der Waals surface area contributed by atoms with Gasteiger partial charge in [-0.2, -0.15) is 15.0 Å². The van der Waals surface area contributed by atoms with Crippen molar-refractivity contribution in [2.45, 2.75) is 65.2 Å². The fourth-order valence-corrected chi connectivity index (χ4v) is 2.57. The van der Waals surface area contributed by atoms with Crippen LogP contribution in [-0.2, 0) is 13.1 Å². The number of rotatable bonds is 4. The van der Waals surface area contributed by atoms with E-state index in [1.54, 1.807) is 4.80 Å².